The highest BCUT2D eigenvalue weighted by Crippen LogP contribution is 2.23. The summed E-state index contributed by atoms with van der Waals surface area (Å²) < 4.78 is 32.5. The second kappa shape index (κ2) is 10.8. The van der Waals surface area contributed by atoms with Crippen LogP contribution in [0.15, 0.2) is 29.2 Å². The Morgan fingerprint density at radius 1 is 1.06 bits per heavy atom. The van der Waals surface area contributed by atoms with Gasteiger partial charge >= 0.3 is 12.1 Å². The lowest BCUT2D eigenvalue weighted by atomic mass is 10.1. The highest BCUT2D eigenvalue weighted by Gasteiger charge is 2.26. The molecule has 3 rings (SSSR count). The number of ether oxygens (including phenoxy) is 1. The van der Waals surface area contributed by atoms with Crippen LogP contribution in [0.1, 0.15) is 45.4 Å². The van der Waals surface area contributed by atoms with E-state index in [1.165, 1.54) is 10.4 Å². The van der Waals surface area contributed by atoms with Gasteiger partial charge in [-0.2, -0.15) is 4.31 Å². The minimum atomic E-state index is -3.58. The normalized spacial score (nSPS) is 18.8. The van der Waals surface area contributed by atoms with Crippen LogP contribution >= 0.6 is 0 Å². The summed E-state index contributed by atoms with van der Waals surface area (Å²) >= 11 is 0. The quantitative estimate of drug-likeness (QED) is 0.714. The van der Waals surface area contributed by atoms with Crippen LogP contribution in [0, 0.1) is 0 Å². The van der Waals surface area contributed by atoms with E-state index in [0.29, 0.717) is 51.3 Å². The summed E-state index contributed by atoms with van der Waals surface area (Å²) in [5, 5.41) is 5.63. The minimum absolute atomic E-state index is 0.0605. The molecule has 10 heteroatoms. The maximum atomic E-state index is 13.0. The van der Waals surface area contributed by atoms with E-state index in [2.05, 4.69) is 10.6 Å². The number of hydrogen-bond donors (Lipinski definition) is 2. The molecule has 2 aliphatic rings. The van der Waals surface area contributed by atoms with Gasteiger partial charge in [-0.1, -0.05) is 18.9 Å². The van der Waals surface area contributed by atoms with Crippen LogP contribution in [-0.2, 0) is 14.8 Å². The number of anilines is 1. The van der Waals surface area contributed by atoms with Gasteiger partial charge in [-0.05, 0) is 50.8 Å². The Balaban J connectivity index is 1.55. The SMILES string of the molecule is CCOC(=O)N1CCC(NC(=O)Nc2cccc(S(=O)(=O)N3CCCCCC3)c2)CC1. The summed E-state index contributed by atoms with van der Waals surface area (Å²) in [5.41, 5.74) is 0.428. The molecule has 2 fully saturated rings. The van der Waals surface area contributed by atoms with Gasteiger partial charge in [-0.3, -0.25) is 0 Å². The smallest absolute Gasteiger partial charge is 0.409 e. The Hall–Kier alpha value is -2.33. The zero-order valence-electron chi connectivity index (χ0n) is 18.0. The van der Waals surface area contributed by atoms with Crippen LogP contribution < -0.4 is 10.6 Å². The third-order valence-electron chi connectivity index (χ3n) is 5.65. The third-order valence-corrected chi connectivity index (χ3v) is 7.55. The molecule has 2 saturated heterocycles. The fourth-order valence-corrected chi connectivity index (χ4v) is 5.50. The summed E-state index contributed by atoms with van der Waals surface area (Å²) in [6.07, 6.45) is 4.78. The first-order valence-electron chi connectivity index (χ1n) is 11.0. The number of piperidine rings is 1. The van der Waals surface area contributed by atoms with Crippen molar-refractivity contribution < 1.29 is 22.7 Å². The number of amides is 3. The molecule has 172 valence electrons. The van der Waals surface area contributed by atoms with Gasteiger partial charge in [0.2, 0.25) is 10.0 Å². The predicted octanol–water partition coefficient (Wildman–Crippen LogP) is 2.99. The van der Waals surface area contributed by atoms with Crippen LogP contribution in [0.3, 0.4) is 0 Å². The fraction of sp³-hybridized carbons (Fsp3) is 0.619. The molecular weight excluding hydrogens is 420 g/mol. The lowest BCUT2D eigenvalue weighted by Gasteiger charge is -2.31. The molecule has 0 aromatic heterocycles. The second-order valence-electron chi connectivity index (χ2n) is 7.90. The van der Waals surface area contributed by atoms with Crippen molar-refractivity contribution >= 4 is 27.8 Å². The van der Waals surface area contributed by atoms with E-state index in [0.717, 1.165) is 25.7 Å². The van der Waals surface area contributed by atoms with Crippen LogP contribution in [0.4, 0.5) is 15.3 Å². The lowest BCUT2D eigenvalue weighted by molar-refractivity contribution is 0.0959. The van der Waals surface area contributed by atoms with Crippen molar-refractivity contribution in [3.63, 3.8) is 0 Å². The van der Waals surface area contributed by atoms with Crippen LogP contribution in [0.5, 0.6) is 0 Å². The number of nitrogens with one attached hydrogen (secondary N) is 2. The summed E-state index contributed by atoms with van der Waals surface area (Å²) in [5.74, 6) is 0. The van der Waals surface area contributed by atoms with E-state index in [-0.39, 0.29) is 23.1 Å². The number of benzene rings is 1. The standard InChI is InChI=1S/C21H32N4O5S/c1-2-30-21(27)24-14-10-17(11-15-24)22-20(26)23-18-8-7-9-19(16-18)31(28,29)25-12-5-3-4-6-13-25/h7-9,16-17H,2-6,10-15H2,1H3,(H2,22,23,26). The number of carbonyl (C=O) groups is 2. The topological polar surface area (TPSA) is 108 Å². The van der Waals surface area contributed by atoms with Gasteiger partial charge in [0.05, 0.1) is 11.5 Å². The van der Waals surface area contributed by atoms with E-state index in [1.54, 1.807) is 30.0 Å². The van der Waals surface area contributed by atoms with Crippen LogP contribution in [-0.4, -0.2) is 68.6 Å². The molecule has 9 nitrogen and oxygen atoms in total. The van der Waals surface area contributed by atoms with E-state index in [9.17, 15) is 18.0 Å². The zero-order chi connectivity index (χ0) is 22.3. The monoisotopic (exact) mass is 452 g/mol. The highest BCUT2D eigenvalue weighted by atomic mass is 32.2. The van der Waals surface area contributed by atoms with Crippen molar-refractivity contribution in [2.45, 2.75) is 56.4 Å². The molecule has 0 saturated carbocycles. The predicted molar refractivity (Wildman–Crippen MR) is 117 cm³/mol. The molecule has 2 N–H and O–H groups in total. The molecule has 0 bridgehead atoms. The maximum absolute atomic E-state index is 13.0. The fourth-order valence-electron chi connectivity index (χ4n) is 3.94. The van der Waals surface area contributed by atoms with Crippen LogP contribution in [0.25, 0.3) is 0 Å². The molecule has 2 aliphatic heterocycles. The van der Waals surface area contributed by atoms with Crippen LogP contribution in [0.2, 0.25) is 0 Å². The lowest BCUT2D eigenvalue weighted by Crippen LogP contribution is -2.47. The Morgan fingerprint density at radius 3 is 2.39 bits per heavy atom. The minimum Gasteiger partial charge on any atom is -0.450 e. The molecular formula is C21H32N4O5S. The highest BCUT2D eigenvalue weighted by molar-refractivity contribution is 7.89. The molecule has 0 aliphatic carbocycles. The number of hydrogen-bond acceptors (Lipinski definition) is 5. The third kappa shape index (κ3) is 6.33. The molecule has 3 amide bonds. The van der Waals surface area contributed by atoms with Crippen molar-refractivity contribution in [3.8, 4) is 0 Å². The van der Waals surface area contributed by atoms with Crippen molar-refractivity contribution in [3.05, 3.63) is 24.3 Å². The van der Waals surface area contributed by atoms with Gasteiger partial charge < -0.3 is 20.3 Å². The Kier molecular flexibility index (Phi) is 8.14. The number of nitrogens with zero attached hydrogens (tertiary/aromatic N) is 2. The van der Waals surface area contributed by atoms with Gasteiger partial charge in [0.25, 0.3) is 0 Å². The van der Waals surface area contributed by atoms with Gasteiger partial charge in [0.1, 0.15) is 0 Å². The molecule has 31 heavy (non-hydrogen) atoms. The molecule has 1 aromatic rings. The zero-order valence-corrected chi connectivity index (χ0v) is 18.8. The first-order chi connectivity index (χ1) is 14.9. The largest absolute Gasteiger partial charge is 0.450 e. The number of sulfonamides is 1. The summed E-state index contributed by atoms with van der Waals surface area (Å²) in [6.45, 7) is 4.22. The Bertz CT molecular complexity index is 860. The first kappa shape index (κ1) is 23.3. The van der Waals surface area contributed by atoms with Crippen molar-refractivity contribution in [1.82, 2.24) is 14.5 Å². The van der Waals surface area contributed by atoms with Crippen molar-refractivity contribution in [2.75, 3.05) is 38.1 Å². The average molecular weight is 453 g/mol. The maximum Gasteiger partial charge on any atom is 0.409 e. The summed E-state index contributed by atoms with van der Waals surface area (Å²) in [6, 6.07) is 5.92. The number of rotatable bonds is 5. The number of urea groups is 1. The van der Waals surface area contributed by atoms with E-state index >= 15 is 0 Å². The van der Waals surface area contributed by atoms with Crippen molar-refractivity contribution in [2.24, 2.45) is 0 Å². The molecule has 0 unspecified atom stereocenters. The molecule has 0 spiro atoms. The molecule has 1 aromatic carbocycles. The molecule has 0 atom stereocenters. The summed E-state index contributed by atoms with van der Waals surface area (Å²) in [4.78, 5) is 26.0. The van der Waals surface area contributed by atoms with E-state index in [4.69, 9.17) is 4.74 Å². The van der Waals surface area contributed by atoms with Crippen molar-refractivity contribution in [1.29, 1.82) is 0 Å². The van der Waals surface area contributed by atoms with Gasteiger partial charge in [-0.15, -0.1) is 0 Å². The van der Waals surface area contributed by atoms with E-state index in [1.807, 2.05) is 0 Å². The van der Waals surface area contributed by atoms with Gasteiger partial charge in [0, 0.05) is 37.9 Å². The number of carbonyl (C=O) groups excluding carboxylic acids is 2. The van der Waals surface area contributed by atoms with Gasteiger partial charge in [0.15, 0.2) is 0 Å². The average Bonchev–Trinajstić information content (AvgIpc) is 3.05. The first-order valence-corrected chi connectivity index (χ1v) is 12.4. The number of likely N-dealkylation sites (tertiary alicyclic amines) is 1. The Labute approximate surface area is 184 Å². The van der Waals surface area contributed by atoms with E-state index < -0.39 is 10.0 Å². The molecule has 0 radical (unpaired) electrons. The molecule has 2 heterocycles. The summed E-state index contributed by atoms with van der Waals surface area (Å²) in [7, 11) is -3.58. The second-order valence-corrected chi connectivity index (χ2v) is 9.84. The van der Waals surface area contributed by atoms with Gasteiger partial charge in [-0.25, -0.2) is 18.0 Å². The Morgan fingerprint density at radius 2 is 1.74 bits per heavy atom.